The summed E-state index contributed by atoms with van der Waals surface area (Å²) in [6.07, 6.45) is 2.93. The van der Waals surface area contributed by atoms with Crippen molar-refractivity contribution in [2.45, 2.75) is 45.3 Å². The van der Waals surface area contributed by atoms with Gasteiger partial charge in [0, 0.05) is 26.6 Å². The molecule has 2 aliphatic rings. The molecule has 32 heavy (non-hydrogen) atoms. The second kappa shape index (κ2) is 10.9. The van der Waals surface area contributed by atoms with Crippen LogP contribution in [0.25, 0.3) is 6.08 Å². The van der Waals surface area contributed by atoms with Gasteiger partial charge in [-0.25, -0.2) is 0 Å². The van der Waals surface area contributed by atoms with E-state index in [1.54, 1.807) is 6.08 Å². The highest BCUT2D eigenvalue weighted by Crippen LogP contribution is 2.18. The number of carbonyl (C=O) groups excluding carboxylic acids is 4. The molecule has 9 nitrogen and oxygen atoms in total. The third kappa shape index (κ3) is 6.16. The number of amides is 3. The Bertz CT molecular complexity index is 907. The lowest BCUT2D eigenvalue weighted by Crippen LogP contribution is -2.58. The zero-order valence-electron chi connectivity index (χ0n) is 18.4. The Hall–Kier alpha value is -3.20. The first-order chi connectivity index (χ1) is 15.3. The normalized spacial score (nSPS) is 21.1. The van der Waals surface area contributed by atoms with Crippen molar-refractivity contribution < 1.29 is 28.7 Å². The highest BCUT2D eigenvalue weighted by atomic mass is 16.6. The van der Waals surface area contributed by atoms with E-state index in [-0.39, 0.29) is 37.9 Å². The number of nitrogens with one attached hydrogen (secondary N) is 2. The zero-order valence-corrected chi connectivity index (χ0v) is 18.4. The molecule has 0 bridgehead atoms. The minimum absolute atomic E-state index is 0.0409. The highest BCUT2D eigenvalue weighted by Gasteiger charge is 2.36. The molecule has 3 amide bonds. The van der Waals surface area contributed by atoms with Gasteiger partial charge in [0.1, 0.15) is 18.3 Å². The molecule has 2 heterocycles. The first kappa shape index (κ1) is 23.5. The molecule has 0 saturated carbocycles. The van der Waals surface area contributed by atoms with Gasteiger partial charge in [0.25, 0.3) is 5.91 Å². The predicted molar refractivity (Wildman–Crippen MR) is 116 cm³/mol. The standard InChI is InChI=1S/C23H29N3O6/c1-15-6-3-4-7-17(15)12-19(25-16(2)27)23(30)26-10-9-24-22(29)20(26)13-21(28)32-14-18-8-5-11-31-18/h3-4,6-7,12,18,20H,5,8-11,13-14H2,1-2H3,(H,24,29)(H,25,27). The van der Waals surface area contributed by atoms with Crippen LogP contribution in [0.2, 0.25) is 0 Å². The Morgan fingerprint density at radius 3 is 2.78 bits per heavy atom. The molecule has 2 saturated heterocycles. The van der Waals surface area contributed by atoms with E-state index in [1.807, 2.05) is 31.2 Å². The molecule has 3 rings (SSSR count). The summed E-state index contributed by atoms with van der Waals surface area (Å²) in [7, 11) is 0. The molecule has 1 aromatic rings. The van der Waals surface area contributed by atoms with Gasteiger partial charge in [-0.2, -0.15) is 0 Å². The largest absolute Gasteiger partial charge is 0.463 e. The van der Waals surface area contributed by atoms with E-state index in [4.69, 9.17) is 9.47 Å². The fraction of sp³-hybridized carbons (Fsp3) is 0.478. The van der Waals surface area contributed by atoms with Gasteiger partial charge in [0.15, 0.2) is 0 Å². The van der Waals surface area contributed by atoms with Crippen LogP contribution in [-0.2, 0) is 28.7 Å². The zero-order chi connectivity index (χ0) is 23.1. The molecule has 2 N–H and O–H groups in total. The van der Waals surface area contributed by atoms with E-state index in [1.165, 1.54) is 11.8 Å². The molecule has 9 heteroatoms. The highest BCUT2D eigenvalue weighted by molar-refractivity contribution is 6.03. The summed E-state index contributed by atoms with van der Waals surface area (Å²) >= 11 is 0. The number of hydrogen-bond acceptors (Lipinski definition) is 6. The van der Waals surface area contributed by atoms with E-state index in [0.717, 1.165) is 24.0 Å². The van der Waals surface area contributed by atoms with E-state index >= 15 is 0 Å². The van der Waals surface area contributed by atoms with Crippen LogP contribution in [0.4, 0.5) is 0 Å². The Morgan fingerprint density at radius 2 is 2.09 bits per heavy atom. The molecule has 0 radical (unpaired) electrons. The van der Waals surface area contributed by atoms with Crippen molar-refractivity contribution in [3.63, 3.8) is 0 Å². The van der Waals surface area contributed by atoms with Crippen molar-refractivity contribution in [3.8, 4) is 0 Å². The van der Waals surface area contributed by atoms with Crippen molar-refractivity contribution in [3.05, 3.63) is 41.1 Å². The number of piperazine rings is 1. The molecule has 1 aromatic carbocycles. The molecule has 0 spiro atoms. The summed E-state index contributed by atoms with van der Waals surface area (Å²) < 4.78 is 10.7. The number of aryl methyl sites for hydroxylation is 1. The van der Waals surface area contributed by atoms with E-state index in [9.17, 15) is 19.2 Å². The lowest BCUT2D eigenvalue weighted by Gasteiger charge is -2.35. The number of nitrogens with zero attached hydrogens (tertiary/aromatic N) is 1. The predicted octanol–water partition coefficient (Wildman–Crippen LogP) is 0.911. The summed E-state index contributed by atoms with van der Waals surface area (Å²) in [5.74, 6) is -1.96. The maximum absolute atomic E-state index is 13.3. The molecule has 2 aliphatic heterocycles. The van der Waals surface area contributed by atoms with Crippen LogP contribution in [0.1, 0.15) is 37.3 Å². The monoisotopic (exact) mass is 443 g/mol. The van der Waals surface area contributed by atoms with Crippen molar-refractivity contribution in [1.82, 2.24) is 15.5 Å². The second-order valence-corrected chi connectivity index (χ2v) is 7.92. The van der Waals surface area contributed by atoms with Crippen LogP contribution in [-0.4, -0.2) is 67.0 Å². The van der Waals surface area contributed by atoms with Gasteiger partial charge in [-0.3, -0.25) is 19.2 Å². The first-order valence-corrected chi connectivity index (χ1v) is 10.8. The van der Waals surface area contributed by atoms with Gasteiger partial charge in [0.05, 0.1) is 12.5 Å². The van der Waals surface area contributed by atoms with Crippen LogP contribution < -0.4 is 10.6 Å². The molecule has 0 aromatic heterocycles. The van der Waals surface area contributed by atoms with Gasteiger partial charge < -0.3 is 25.0 Å². The number of ether oxygens (including phenoxy) is 2. The Kier molecular flexibility index (Phi) is 7.99. The Morgan fingerprint density at radius 1 is 1.31 bits per heavy atom. The van der Waals surface area contributed by atoms with Gasteiger partial charge in [-0.05, 0) is 37.0 Å². The molecule has 172 valence electrons. The van der Waals surface area contributed by atoms with Crippen LogP contribution in [0.5, 0.6) is 0 Å². The van der Waals surface area contributed by atoms with Crippen molar-refractivity contribution in [1.29, 1.82) is 0 Å². The van der Waals surface area contributed by atoms with Crippen molar-refractivity contribution in [2.75, 3.05) is 26.3 Å². The fourth-order valence-corrected chi connectivity index (χ4v) is 3.74. The molecular weight excluding hydrogens is 414 g/mol. The first-order valence-electron chi connectivity index (χ1n) is 10.8. The van der Waals surface area contributed by atoms with Gasteiger partial charge >= 0.3 is 5.97 Å². The fourth-order valence-electron chi connectivity index (χ4n) is 3.74. The minimum Gasteiger partial charge on any atom is -0.463 e. The Balaban J connectivity index is 1.76. The number of rotatable bonds is 7. The third-order valence-corrected chi connectivity index (χ3v) is 5.44. The lowest BCUT2D eigenvalue weighted by molar-refractivity contribution is -0.153. The Labute approximate surface area is 187 Å². The van der Waals surface area contributed by atoms with Gasteiger partial charge in [0.2, 0.25) is 11.8 Å². The molecule has 2 atom stereocenters. The van der Waals surface area contributed by atoms with Crippen LogP contribution >= 0.6 is 0 Å². The minimum atomic E-state index is -1.03. The maximum Gasteiger partial charge on any atom is 0.308 e. The molecule has 2 fully saturated rings. The van der Waals surface area contributed by atoms with Crippen LogP contribution in [0.15, 0.2) is 30.0 Å². The molecule has 2 unspecified atom stereocenters. The molecule has 0 aliphatic carbocycles. The van der Waals surface area contributed by atoms with E-state index in [2.05, 4.69) is 10.6 Å². The number of carbonyl (C=O) groups is 4. The van der Waals surface area contributed by atoms with Crippen LogP contribution in [0.3, 0.4) is 0 Å². The topological polar surface area (TPSA) is 114 Å². The number of esters is 1. The van der Waals surface area contributed by atoms with E-state index in [0.29, 0.717) is 6.61 Å². The van der Waals surface area contributed by atoms with E-state index < -0.39 is 29.7 Å². The number of benzene rings is 1. The summed E-state index contributed by atoms with van der Waals surface area (Å²) in [6, 6.07) is 6.40. The second-order valence-electron chi connectivity index (χ2n) is 7.92. The maximum atomic E-state index is 13.3. The van der Waals surface area contributed by atoms with Gasteiger partial charge in [-0.15, -0.1) is 0 Å². The average Bonchev–Trinajstić information content (AvgIpc) is 3.28. The summed E-state index contributed by atoms with van der Waals surface area (Å²) in [4.78, 5) is 51.3. The quantitative estimate of drug-likeness (QED) is 0.478. The smallest absolute Gasteiger partial charge is 0.308 e. The summed E-state index contributed by atoms with van der Waals surface area (Å²) in [5.41, 5.74) is 1.73. The lowest BCUT2D eigenvalue weighted by atomic mass is 10.1. The third-order valence-electron chi connectivity index (χ3n) is 5.44. The molecular formula is C23H29N3O6. The summed E-state index contributed by atoms with van der Waals surface area (Å²) in [5, 5.41) is 5.26. The number of hydrogen-bond donors (Lipinski definition) is 2. The van der Waals surface area contributed by atoms with Gasteiger partial charge in [-0.1, -0.05) is 24.3 Å². The van der Waals surface area contributed by atoms with Crippen molar-refractivity contribution >= 4 is 29.8 Å². The average molecular weight is 444 g/mol. The SMILES string of the molecule is CC(=O)NC(=Cc1ccccc1C)C(=O)N1CCNC(=O)C1CC(=O)OCC1CCCO1. The van der Waals surface area contributed by atoms with Crippen molar-refractivity contribution in [2.24, 2.45) is 0 Å². The summed E-state index contributed by atoms with van der Waals surface area (Å²) in [6.45, 7) is 4.44. The van der Waals surface area contributed by atoms with Crippen LogP contribution in [0, 0.1) is 6.92 Å².